The van der Waals surface area contributed by atoms with Crippen molar-refractivity contribution in [3.63, 3.8) is 0 Å². The van der Waals surface area contributed by atoms with E-state index < -0.39 is 17.6 Å². The first-order valence-electron chi connectivity index (χ1n) is 15.4. The van der Waals surface area contributed by atoms with Crippen LogP contribution >= 0.6 is 0 Å². The van der Waals surface area contributed by atoms with Gasteiger partial charge in [0.1, 0.15) is 11.6 Å². The summed E-state index contributed by atoms with van der Waals surface area (Å²) in [5, 5.41) is 9.34. The quantitative estimate of drug-likeness (QED) is 0.399. The number of piperidine rings is 1. The van der Waals surface area contributed by atoms with Crippen molar-refractivity contribution >= 4 is 23.8 Å². The Morgan fingerprint density at radius 2 is 1.79 bits per heavy atom. The summed E-state index contributed by atoms with van der Waals surface area (Å²) in [6, 6.07) is 5.64. The van der Waals surface area contributed by atoms with Gasteiger partial charge in [-0.2, -0.15) is 0 Å². The summed E-state index contributed by atoms with van der Waals surface area (Å²) in [7, 11) is 0. The van der Waals surface area contributed by atoms with Crippen molar-refractivity contribution in [2.24, 2.45) is 0 Å². The second kappa shape index (κ2) is 13.1. The van der Waals surface area contributed by atoms with Gasteiger partial charge < -0.3 is 25.0 Å². The number of alkyl carbamates (subject to hydrolysis) is 1. The molecule has 11 nitrogen and oxygen atoms in total. The monoisotopic (exact) mass is 583 g/mol. The summed E-state index contributed by atoms with van der Waals surface area (Å²) >= 11 is 0. The van der Waals surface area contributed by atoms with Gasteiger partial charge in [-0.25, -0.2) is 4.79 Å². The van der Waals surface area contributed by atoms with E-state index in [9.17, 15) is 19.2 Å². The van der Waals surface area contributed by atoms with Crippen molar-refractivity contribution in [2.75, 3.05) is 32.8 Å². The number of amides is 4. The van der Waals surface area contributed by atoms with Gasteiger partial charge in [0.05, 0.1) is 13.2 Å². The number of rotatable bonds is 8. The molecule has 3 fully saturated rings. The van der Waals surface area contributed by atoms with E-state index in [2.05, 4.69) is 26.9 Å². The fourth-order valence-corrected chi connectivity index (χ4v) is 6.56. The van der Waals surface area contributed by atoms with Crippen LogP contribution in [0.3, 0.4) is 0 Å². The zero-order valence-electron chi connectivity index (χ0n) is 25.1. The highest BCUT2D eigenvalue weighted by Crippen LogP contribution is 2.34. The molecule has 2 atom stereocenters. The van der Waals surface area contributed by atoms with Gasteiger partial charge in [-0.15, -0.1) is 0 Å². The van der Waals surface area contributed by atoms with Gasteiger partial charge in [0.25, 0.3) is 5.91 Å². The molecule has 2 saturated heterocycles. The van der Waals surface area contributed by atoms with E-state index >= 15 is 0 Å². The number of hydrogen-bond acceptors (Lipinski definition) is 8. The molecule has 1 saturated carbocycles. The molecule has 0 aromatic heterocycles. The summed E-state index contributed by atoms with van der Waals surface area (Å²) in [6.45, 7) is 10.1. The first kappa shape index (κ1) is 30.4. The zero-order chi connectivity index (χ0) is 29.9. The molecule has 230 valence electrons. The van der Waals surface area contributed by atoms with Crippen molar-refractivity contribution in [2.45, 2.75) is 102 Å². The Bertz CT molecular complexity index is 1170. The number of ether oxygens (including phenoxy) is 2. The highest BCUT2D eigenvalue weighted by atomic mass is 16.6. The van der Waals surface area contributed by atoms with Gasteiger partial charge in [-0.05, 0) is 76.5 Å². The van der Waals surface area contributed by atoms with Crippen LogP contribution in [0, 0.1) is 0 Å². The normalized spacial score (nSPS) is 26.0. The van der Waals surface area contributed by atoms with Crippen LogP contribution in [-0.4, -0.2) is 90.2 Å². The lowest BCUT2D eigenvalue weighted by Crippen LogP contribution is -2.52. The van der Waals surface area contributed by atoms with E-state index in [1.54, 1.807) is 4.90 Å². The molecule has 0 bridgehead atoms. The standard InChI is InChI=1S/C31H45N5O6/c1-31(2,3)42-30(40)33-21-9-7-20(8-10-21)32-25(13-14-35-15-17-41-18-16-35)22-5-4-6-23-24(22)19-36(29(23)39)26-11-12-27(37)34-28(26)38/h4-6,20-21,25-26,32H,7-19H2,1-3H3,(H,33,40)(H,34,37,38)/t20?,21?,25-,26-/m1/s1. The van der Waals surface area contributed by atoms with Gasteiger partial charge in [0.15, 0.2) is 0 Å². The van der Waals surface area contributed by atoms with Gasteiger partial charge >= 0.3 is 6.09 Å². The first-order valence-corrected chi connectivity index (χ1v) is 15.4. The molecular formula is C31H45N5O6. The fraction of sp³-hybridized carbons (Fsp3) is 0.677. The van der Waals surface area contributed by atoms with Crippen LogP contribution in [-0.2, 0) is 25.6 Å². The van der Waals surface area contributed by atoms with Crippen LogP contribution < -0.4 is 16.0 Å². The lowest BCUT2D eigenvalue weighted by molar-refractivity contribution is -0.136. The molecule has 5 rings (SSSR count). The van der Waals surface area contributed by atoms with Crippen molar-refractivity contribution in [3.05, 3.63) is 34.9 Å². The van der Waals surface area contributed by atoms with Crippen LogP contribution in [0.25, 0.3) is 0 Å². The summed E-state index contributed by atoms with van der Waals surface area (Å²) in [5.74, 6) is -0.834. The molecule has 1 aliphatic carbocycles. The van der Waals surface area contributed by atoms with E-state index in [4.69, 9.17) is 9.47 Å². The highest BCUT2D eigenvalue weighted by molar-refractivity contribution is 6.05. The van der Waals surface area contributed by atoms with Crippen LogP contribution in [0.2, 0.25) is 0 Å². The number of nitrogens with one attached hydrogen (secondary N) is 3. The Kier molecular flexibility index (Phi) is 9.49. The number of nitrogens with zero attached hydrogens (tertiary/aromatic N) is 2. The molecule has 4 amide bonds. The van der Waals surface area contributed by atoms with Crippen LogP contribution in [0.15, 0.2) is 18.2 Å². The summed E-state index contributed by atoms with van der Waals surface area (Å²) in [5.41, 5.74) is 2.17. The molecule has 1 aromatic carbocycles. The highest BCUT2D eigenvalue weighted by Gasteiger charge is 2.40. The maximum atomic E-state index is 13.5. The SMILES string of the molecule is CC(C)(C)OC(=O)NC1CCC(N[C@H](CCN2CCOCC2)c2cccc3c2CN([C@@H]2CCC(=O)NC2=O)C3=O)CC1. The smallest absolute Gasteiger partial charge is 0.407 e. The van der Waals surface area contributed by atoms with Crippen LogP contribution in [0.4, 0.5) is 4.79 Å². The minimum absolute atomic E-state index is 0.0256. The van der Waals surface area contributed by atoms with Gasteiger partial charge in [0, 0.05) is 56.3 Å². The molecular weight excluding hydrogens is 538 g/mol. The predicted molar refractivity (Wildman–Crippen MR) is 156 cm³/mol. The van der Waals surface area contributed by atoms with E-state index in [-0.39, 0.29) is 42.5 Å². The molecule has 3 heterocycles. The van der Waals surface area contributed by atoms with E-state index in [1.165, 1.54) is 0 Å². The average molecular weight is 584 g/mol. The van der Waals surface area contributed by atoms with E-state index in [1.807, 2.05) is 32.9 Å². The Morgan fingerprint density at radius 1 is 1.07 bits per heavy atom. The number of fused-ring (bicyclic) bond motifs is 1. The summed E-state index contributed by atoms with van der Waals surface area (Å²) in [4.78, 5) is 54.1. The Morgan fingerprint density at radius 3 is 2.48 bits per heavy atom. The second-order valence-corrected chi connectivity index (χ2v) is 12.9. The van der Waals surface area contributed by atoms with Crippen molar-refractivity contribution in [1.29, 1.82) is 0 Å². The minimum atomic E-state index is -0.636. The number of morpholine rings is 1. The lowest BCUT2D eigenvalue weighted by atomic mass is 9.88. The van der Waals surface area contributed by atoms with E-state index in [0.29, 0.717) is 18.5 Å². The number of benzene rings is 1. The number of carbonyl (C=O) groups is 4. The third-order valence-corrected chi connectivity index (χ3v) is 8.72. The van der Waals surface area contributed by atoms with Crippen molar-refractivity contribution < 1.29 is 28.7 Å². The lowest BCUT2D eigenvalue weighted by Gasteiger charge is -2.35. The Hall–Kier alpha value is -3.02. The zero-order valence-corrected chi connectivity index (χ0v) is 25.1. The Balaban J connectivity index is 1.28. The van der Waals surface area contributed by atoms with Crippen LogP contribution in [0.1, 0.15) is 93.2 Å². The second-order valence-electron chi connectivity index (χ2n) is 12.9. The van der Waals surface area contributed by atoms with Crippen molar-refractivity contribution in [1.82, 2.24) is 25.8 Å². The summed E-state index contributed by atoms with van der Waals surface area (Å²) in [6.07, 6.45) is 4.66. The maximum absolute atomic E-state index is 13.5. The van der Waals surface area contributed by atoms with Gasteiger partial charge in [-0.1, -0.05) is 12.1 Å². The molecule has 4 aliphatic rings. The molecule has 0 spiro atoms. The molecule has 11 heteroatoms. The molecule has 3 N–H and O–H groups in total. The topological polar surface area (TPSA) is 129 Å². The molecule has 0 radical (unpaired) electrons. The molecule has 42 heavy (non-hydrogen) atoms. The van der Waals surface area contributed by atoms with E-state index in [0.717, 1.165) is 76.1 Å². The third kappa shape index (κ3) is 7.48. The van der Waals surface area contributed by atoms with Crippen LogP contribution in [0.5, 0.6) is 0 Å². The maximum Gasteiger partial charge on any atom is 0.407 e. The number of carbonyl (C=O) groups excluding carboxylic acids is 4. The third-order valence-electron chi connectivity index (χ3n) is 8.72. The molecule has 1 aromatic rings. The summed E-state index contributed by atoms with van der Waals surface area (Å²) < 4.78 is 11.0. The fourth-order valence-electron chi connectivity index (χ4n) is 6.56. The minimum Gasteiger partial charge on any atom is -0.444 e. The molecule has 0 unspecified atom stereocenters. The Labute approximate surface area is 248 Å². The van der Waals surface area contributed by atoms with Gasteiger partial charge in [-0.3, -0.25) is 24.6 Å². The first-order chi connectivity index (χ1) is 20.1. The largest absolute Gasteiger partial charge is 0.444 e. The predicted octanol–water partition coefficient (Wildman–Crippen LogP) is 2.64. The average Bonchev–Trinajstić information content (AvgIpc) is 3.27. The van der Waals surface area contributed by atoms with Gasteiger partial charge in [0.2, 0.25) is 11.8 Å². The number of imide groups is 1. The molecule has 3 aliphatic heterocycles. The van der Waals surface area contributed by atoms with Crippen molar-refractivity contribution in [3.8, 4) is 0 Å². The number of hydrogen-bond donors (Lipinski definition) is 3.